The van der Waals surface area contributed by atoms with Gasteiger partial charge in [-0.15, -0.1) is 6.42 Å². The molecule has 1 aliphatic rings. The van der Waals surface area contributed by atoms with Crippen molar-refractivity contribution in [3.05, 3.63) is 23.8 Å². The van der Waals surface area contributed by atoms with Crippen molar-refractivity contribution in [3.8, 4) is 18.1 Å². The van der Waals surface area contributed by atoms with Gasteiger partial charge in [-0.3, -0.25) is 5.32 Å². The third-order valence-electron chi connectivity index (χ3n) is 3.39. The minimum absolute atomic E-state index is 0.253. The van der Waals surface area contributed by atoms with Gasteiger partial charge in [0.05, 0.1) is 12.5 Å². The van der Waals surface area contributed by atoms with Gasteiger partial charge < -0.3 is 9.47 Å². The van der Waals surface area contributed by atoms with E-state index in [1.54, 1.807) is 13.2 Å². The van der Waals surface area contributed by atoms with E-state index in [4.69, 9.17) is 15.9 Å². The zero-order valence-corrected chi connectivity index (χ0v) is 12.9. The smallest absolute Gasteiger partial charge is 0.412 e. The Hall–Kier alpha value is -2.15. The number of rotatable bonds is 3. The molecule has 0 aliphatic heterocycles. The van der Waals surface area contributed by atoms with Crippen LogP contribution in [-0.4, -0.2) is 18.8 Å². The molecule has 21 heavy (non-hydrogen) atoms. The zero-order valence-electron chi connectivity index (χ0n) is 12.9. The van der Waals surface area contributed by atoms with E-state index in [1.807, 2.05) is 32.9 Å². The van der Waals surface area contributed by atoms with Gasteiger partial charge in [0.1, 0.15) is 11.4 Å². The van der Waals surface area contributed by atoms with Crippen LogP contribution in [0, 0.1) is 12.3 Å². The molecule has 1 fully saturated rings. The molecule has 0 atom stereocenters. The Bertz CT molecular complexity index is 589. The lowest BCUT2D eigenvalue weighted by molar-refractivity contribution is 0.0636. The van der Waals surface area contributed by atoms with Crippen molar-refractivity contribution in [1.82, 2.24) is 0 Å². The Morgan fingerprint density at radius 1 is 1.38 bits per heavy atom. The first-order valence-corrected chi connectivity index (χ1v) is 6.96. The van der Waals surface area contributed by atoms with Crippen LogP contribution in [0.25, 0.3) is 0 Å². The van der Waals surface area contributed by atoms with Gasteiger partial charge in [0.2, 0.25) is 0 Å². The summed E-state index contributed by atoms with van der Waals surface area (Å²) in [4.78, 5) is 11.8. The van der Waals surface area contributed by atoms with Crippen molar-refractivity contribution in [3.63, 3.8) is 0 Å². The molecule has 1 amide bonds. The predicted molar refractivity (Wildman–Crippen MR) is 82.6 cm³/mol. The van der Waals surface area contributed by atoms with Gasteiger partial charge in [-0.25, -0.2) is 4.79 Å². The highest BCUT2D eigenvalue weighted by molar-refractivity contribution is 5.85. The highest BCUT2D eigenvalue weighted by Gasteiger charge is 2.44. The Balaban J connectivity index is 2.21. The van der Waals surface area contributed by atoms with Crippen molar-refractivity contribution >= 4 is 11.8 Å². The normalized spacial score (nSPS) is 15.8. The summed E-state index contributed by atoms with van der Waals surface area (Å²) < 4.78 is 10.6. The largest absolute Gasteiger partial charge is 0.496 e. The second-order valence-electron chi connectivity index (χ2n) is 6.27. The number of hydrogen-bond donors (Lipinski definition) is 1. The van der Waals surface area contributed by atoms with Gasteiger partial charge in [-0.2, -0.15) is 0 Å². The number of hydrogen-bond acceptors (Lipinski definition) is 3. The lowest BCUT2D eigenvalue weighted by Gasteiger charge is -2.20. The number of anilines is 1. The van der Waals surface area contributed by atoms with Gasteiger partial charge in [0.25, 0.3) is 0 Å². The van der Waals surface area contributed by atoms with E-state index in [2.05, 4.69) is 11.2 Å². The molecule has 1 N–H and O–H groups in total. The Morgan fingerprint density at radius 2 is 2.05 bits per heavy atom. The molecule has 0 saturated heterocycles. The number of terminal acetylenes is 1. The molecule has 0 unspecified atom stereocenters. The summed E-state index contributed by atoms with van der Waals surface area (Å²) in [6.45, 7) is 5.47. The molecule has 1 aromatic rings. The molecule has 0 aromatic heterocycles. The van der Waals surface area contributed by atoms with Crippen molar-refractivity contribution in [2.24, 2.45) is 0 Å². The number of carbonyl (C=O) groups excluding carboxylic acids is 1. The molecular weight excluding hydrogens is 266 g/mol. The topological polar surface area (TPSA) is 47.6 Å². The second kappa shape index (κ2) is 5.33. The van der Waals surface area contributed by atoms with Crippen LogP contribution in [0.2, 0.25) is 0 Å². The maximum absolute atomic E-state index is 11.8. The minimum Gasteiger partial charge on any atom is -0.496 e. The first-order valence-electron chi connectivity index (χ1n) is 6.96. The molecule has 0 heterocycles. The molecule has 0 spiro atoms. The Morgan fingerprint density at radius 3 is 2.52 bits per heavy atom. The number of methoxy groups -OCH3 is 1. The van der Waals surface area contributed by atoms with Crippen LogP contribution in [0.1, 0.15) is 39.2 Å². The van der Waals surface area contributed by atoms with E-state index in [0.717, 1.165) is 24.2 Å². The van der Waals surface area contributed by atoms with Crippen LogP contribution in [-0.2, 0) is 10.2 Å². The molecule has 2 rings (SSSR count). The standard InChI is InChI=1S/C17H21NO3/c1-6-17(9-10-17)13-11-12(7-8-14(13)20-5)18-15(19)21-16(2,3)4/h1,7-8,11H,9-10H2,2-5H3,(H,18,19). The van der Waals surface area contributed by atoms with Gasteiger partial charge in [-0.05, 0) is 51.8 Å². The van der Waals surface area contributed by atoms with Crippen LogP contribution < -0.4 is 10.1 Å². The zero-order chi connectivity index (χ0) is 15.7. The summed E-state index contributed by atoms with van der Waals surface area (Å²) in [5, 5.41) is 2.73. The van der Waals surface area contributed by atoms with Crippen molar-refractivity contribution in [2.45, 2.75) is 44.6 Å². The molecule has 1 aliphatic carbocycles. The molecule has 1 aromatic carbocycles. The molecule has 112 valence electrons. The third kappa shape index (κ3) is 3.49. The van der Waals surface area contributed by atoms with Gasteiger partial charge in [0.15, 0.2) is 0 Å². The maximum atomic E-state index is 11.8. The molecule has 4 heteroatoms. The van der Waals surface area contributed by atoms with Crippen molar-refractivity contribution in [1.29, 1.82) is 0 Å². The first kappa shape index (κ1) is 15.2. The van der Waals surface area contributed by atoms with E-state index in [9.17, 15) is 4.79 Å². The minimum atomic E-state index is -0.532. The fraction of sp³-hybridized carbons (Fsp3) is 0.471. The summed E-state index contributed by atoms with van der Waals surface area (Å²) in [5.41, 5.74) is 0.815. The molecule has 0 radical (unpaired) electrons. The van der Waals surface area contributed by atoms with Crippen LogP contribution in [0.4, 0.5) is 10.5 Å². The monoisotopic (exact) mass is 287 g/mol. The molecular formula is C17H21NO3. The van der Waals surface area contributed by atoms with Crippen molar-refractivity contribution in [2.75, 3.05) is 12.4 Å². The average molecular weight is 287 g/mol. The number of amides is 1. The number of ether oxygens (including phenoxy) is 2. The first-order chi connectivity index (χ1) is 9.79. The molecule has 0 bridgehead atoms. The van der Waals surface area contributed by atoms with Crippen LogP contribution in [0.3, 0.4) is 0 Å². The number of carbonyl (C=O) groups is 1. The molecule has 1 saturated carbocycles. The Kier molecular flexibility index (Phi) is 3.87. The fourth-order valence-corrected chi connectivity index (χ4v) is 2.20. The van der Waals surface area contributed by atoms with Crippen LogP contribution >= 0.6 is 0 Å². The quantitative estimate of drug-likeness (QED) is 0.862. The predicted octanol–water partition coefficient (Wildman–Crippen LogP) is 3.71. The van der Waals surface area contributed by atoms with Gasteiger partial charge in [-0.1, -0.05) is 5.92 Å². The number of nitrogens with one attached hydrogen (secondary N) is 1. The van der Waals surface area contributed by atoms with Crippen LogP contribution in [0.5, 0.6) is 5.75 Å². The summed E-state index contributed by atoms with van der Waals surface area (Å²) in [6.07, 6.45) is 7.04. The van der Waals surface area contributed by atoms with E-state index in [1.165, 1.54) is 0 Å². The highest BCUT2D eigenvalue weighted by atomic mass is 16.6. The fourth-order valence-electron chi connectivity index (χ4n) is 2.20. The van der Waals surface area contributed by atoms with E-state index in [-0.39, 0.29) is 5.41 Å². The summed E-state index contributed by atoms with van der Waals surface area (Å²) in [6, 6.07) is 5.47. The lowest BCUT2D eigenvalue weighted by Crippen LogP contribution is -2.27. The average Bonchev–Trinajstić information content (AvgIpc) is 3.17. The highest BCUT2D eigenvalue weighted by Crippen LogP contribution is 2.51. The van der Waals surface area contributed by atoms with Gasteiger partial charge in [0, 0.05) is 11.3 Å². The number of benzene rings is 1. The third-order valence-corrected chi connectivity index (χ3v) is 3.39. The molecule has 4 nitrogen and oxygen atoms in total. The summed E-state index contributed by atoms with van der Waals surface area (Å²) >= 11 is 0. The Labute approximate surface area is 125 Å². The SMILES string of the molecule is C#CC1(c2cc(NC(=O)OC(C)(C)C)ccc2OC)CC1. The second-order valence-corrected chi connectivity index (χ2v) is 6.27. The van der Waals surface area contributed by atoms with Gasteiger partial charge >= 0.3 is 6.09 Å². The van der Waals surface area contributed by atoms with E-state index in [0.29, 0.717) is 5.69 Å². The van der Waals surface area contributed by atoms with E-state index < -0.39 is 11.7 Å². The maximum Gasteiger partial charge on any atom is 0.412 e. The summed E-state index contributed by atoms with van der Waals surface area (Å²) in [7, 11) is 1.62. The van der Waals surface area contributed by atoms with Crippen molar-refractivity contribution < 1.29 is 14.3 Å². The summed E-state index contributed by atoms with van der Waals surface area (Å²) in [5.74, 6) is 3.59. The lowest BCUT2D eigenvalue weighted by atomic mass is 9.95. The van der Waals surface area contributed by atoms with Crippen LogP contribution in [0.15, 0.2) is 18.2 Å². The van der Waals surface area contributed by atoms with E-state index >= 15 is 0 Å².